The minimum absolute atomic E-state index is 0.307. The molecular weight excluding hydrogens is 236 g/mol. The summed E-state index contributed by atoms with van der Waals surface area (Å²) in [5, 5.41) is 6.77. The van der Waals surface area contributed by atoms with Crippen LogP contribution >= 0.6 is 0 Å². The number of nitrogens with one attached hydrogen (secondary N) is 2. The highest BCUT2D eigenvalue weighted by Gasteiger charge is 2.01. The van der Waals surface area contributed by atoms with Crippen LogP contribution in [0.4, 0.5) is 22.7 Å². The molecule has 0 aromatic heterocycles. The van der Waals surface area contributed by atoms with Crippen molar-refractivity contribution in [1.82, 2.24) is 0 Å². The molecule has 4 nitrogen and oxygen atoms in total. The molecule has 0 heterocycles. The van der Waals surface area contributed by atoms with Crippen LogP contribution < -0.4 is 22.1 Å². The lowest BCUT2D eigenvalue weighted by Crippen LogP contribution is -2.24. The Labute approximate surface area is 113 Å². The van der Waals surface area contributed by atoms with Gasteiger partial charge in [-0.05, 0) is 55.5 Å². The van der Waals surface area contributed by atoms with Gasteiger partial charge in [-0.1, -0.05) is 0 Å². The van der Waals surface area contributed by atoms with E-state index in [0.717, 1.165) is 29.3 Å². The number of anilines is 4. The van der Waals surface area contributed by atoms with Crippen LogP contribution in [-0.2, 0) is 0 Å². The first-order valence-electron chi connectivity index (χ1n) is 6.35. The van der Waals surface area contributed by atoms with Crippen LogP contribution in [0.3, 0.4) is 0 Å². The van der Waals surface area contributed by atoms with Crippen LogP contribution in [-0.4, -0.2) is 12.6 Å². The zero-order valence-corrected chi connectivity index (χ0v) is 11.1. The van der Waals surface area contributed by atoms with E-state index in [2.05, 4.69) is 17.6 Å². The summed E-state index contributed by atoms with van der Waals surface area (Å²) in [6, 6.07) is 15.8. The van der Waals surface area contributed by atoms with Crippen molar-refractivity contribution in [1.29, 1.82) is 0 Å². The van der Waals surface area contributed by atoms with Gasteiger partial charge in [0.25, 0.3) is 0 Å². The number of hydrogen-bond acceptors (Lipinski definition) is 4. The Balaban J connectivity index is 1.82. The third kappa shape index (κ3) is 4.10. The van der Waals surface area contributed by atoms with Crippen molar-refractivity contribution < 1.29 is 0 Å². The summed E-state index contributed by atoms with van der Waals surface area (Å²) >= 11 is 0. The Morgan fingerprint density at radius 2 is 1.32 bits per heavy atom. The molecular formula is C15H20N4. The summed E-state index contributed by atoms with van der Waals surface area (Å²) in [5.41, 5.74) is 15.0. The van der Waals surface area contributed by atoms with Gasteiger partial charge in [0.1, 0.15) is 0 Å². The molecule has 0 aliphatic heterocycles. The standard InChI is InChI=1S/C15H20N4/c1-11(19-15-8-4-13(17)5-9-15)10-18-14-6-2-12(16)3-7-14/h2-9,11,18-19H,10,16-17H2,1H3. The summed E-state index contributed by atoms with van der Waals surface area (Å²) in [6.45, 7) is 2.95. The fraction of sp³-hybridized carbons (Fsp3) is 0.200. The van der Waals surface area contributed by atoms with Gasteiger partial charge in [-0.25, -0.2) is 0 Å². The number of nitrogens with two attached hydrogens (primary N) is 2. The molecule has 0 saturated carbocycles. The average Bonchev–Trinajstić information content (AvgIpc) is 2.41. The normalized spacial score (nSPS) is 11.8. The molecule has 0 radical (unpaired) electrons. The SMILES string of the molecule is CC(CNc1ccc(N)cc1)Nc1ccc(N)cc1. The van der Waals surface area contributed by atoms with E-state index >= 15 is 0 Å². The Hall–Kier alpha value is -2.36. The first-order chi connectivity index (χ1) is 9.13. The van der Waals surface area contributed by atoms with Gasteiger partial charge >= 0.3 is 0 Å². The van der Waals surface area contributed by atoms with Crippen LogP contribution in [0.5, 0.6) is 0 Å². The van der Waals surface area contributed by atoms with Crippen LogP contribution in [0.25, 0.3) is 0 Å². The molecule has 0 bridgehead atoms. The third-order valence-corrected chi connectivity index (χ3v) is 2.85. The molecule has 0 amide bonds. The molecule has 0 aliphatic rings. The molecule has 2 rings (SSSR count). The van der Waals surface area contributed by atoms with Crippen LogP contribution in [0, 0.1) is 0 Å². The highest BCUT2D eigenvalue weighted by molar-refractivity contribution is 5.53. The van der Waals surface area contributed by atoms with E-state index in [1.807, 2.05) is 48.5 Å². The topological polar surface area (TPSA) is 76.1 Å². The van der Waals surface area contributed by atoms with Crippen molar-refractivity contribution in [2.24, 2.45) is 0 Å². The molecule has 0 aliphatic carbocycles. The number of rotatable bonds is 5. The smallest absolute Gasteiger partial charge is 0.0405 e. The van der Waals surface area contributed by atoms with Gasteiger partial charge in [0, 0.05) is 35.3 Å². The summed E-state index contributed by atoms with van der Waals surface area (Å²) in [4.78, 5) is 0. The number of hydrogen-bond donors (Lipinski definition) is 4. The van der Waals surface area contributed by atoms with Crippen molar-refractivity contribution in [3.8, 4) is 0 Å². The highest BCUT2D eigenvalue weighted by Crippen LogP contribution is 2.13. The maximum absolute atomic E-state index is 5.65. The van der Waals surface area contributed by atoms with Crippen LogP contribution in [0.15, 0.2) is 48.5 Å². The van der Waals surface area contributed by atoms with Crippen molar-refractivity contribution >= 4 is 22.7 Å². The fourth-order valence-electron chi connectivity index (χ4n) is 1.79. The molecule has 19 heavy (non-hydrogen) atoms. The van der Waals surface area contributed by atoms with Gasteiger partial charge < -0.3 is 22.1 Å². The Morgan fingerprint density at radius 1 is 0.842 bits per heavy atom. The van der Waals surface area contributed by atoms with E-state index in [9.17, 15) is 0 Å². The molecule has 0 fully saturated rings. The molecule has 6 N–H and O–H groups in total. The van der Waals surface area contributed by atoms with Gasteiger partial charge in [-0.2, -0.15) is 0 Å². The van der Waals surface area contributed by atoms with Crippen LogP contribution in [0.2, 0.25) is 0 Å². The van der Waals surface area contributed by atoms with Crippen molar-refractivity contribution in [3.05, 3.63) is 48.5 Å². The van der Waals surface area contributed by atoms with Gasteiger partial charge in [0.2, 0.25) is 0 Å². The summed E-state index contributed by atoms with van der Waals surface area (Å²) in [6.07, 6.45) is 0. The van der Waals surface area contributed by atoms with E-state index in [4.69, 9.17) is 11.5 Å². The fourth-order valence-corrected chi connectivity index (χ4v) is 1.79. The monoisotopic (exact) mass is 256 g/mol. The number of nitrogen functional groups attached to an aromatic ring is 2. The molecule has 0 spiro atoms. The second-order valence-corrected chi connectivity index (χ2v) is 4.67. The average molecular weight is 256 g/mol. The quantitative estimate of drug-likeness (QED) is 0.620. The molecule has 0 saturated heterocycles. The summed E-state index contributed by atoms with van der Waals surface area (Å²) in [7, 11) is 0. The molecule has 100 valence electrons. The lowest BCUT2D eigenvalue weighted by Gasteiger charge is -2.17. The predicted octanol–water partition coefficient (Wildman–Crippen LogP) is 2.76. The van der Waals surface area contributed by atoms with Crippen molar-refractivity contribution in [2.75, 3.05) is 28.6 Å². The third-order valence-electron chi connectivity index (χ3n) is 2.85. The molecule has 4 heteroatoms. The maximum Gasteiger partial charge on any atom is 0.0405 e. The van der Waals surface area contributed by atoms with E-state index in [-0.39, 0.29) is 0 Å². The summed E-state index contributed by atoms with van der Waals surface area (Å²) < 4.78 is 0. The largest absolute Gasteiger partial charge is 0.399 e. The minimum atomic E-state index is 0.307. The van der Waals surface area contributed by atoms with E-state index in [1.54, 1.807) is 0 Å². The predicted molar refractivity (Wildman–Crippen MR) is 83.3 cm³/mol. The maximum atomic E-state index is 5.65. The van der Waals surface area contributed by atoms with Gasteiger partial charge in [0.05, 0.1) is 0 Å². The van der Waals surface area contributed by atoms with Gasteiger partial charge in [-0.15, -0.1) is 0 Å². The van der Waals surface area contributed by atoms with Crippen LogP contribution in [0.1, 0.15) is 6.92 Å². The zero-order chi connectivity index (χ0) is 13.7. The second kappa shape index (κ2) is 6.00. The lowest BCUT2D eigenvalue weighted by molar-refractivity contribution is 0.836. The Morgan fingerprint density at radius 3 is 1.84 bits per heavy atom. The molecule has 2 aromatic rings. The van der Waals surface area contributed by atoms with Gasteiger partial charge in [0.15, 0.2) is 0 Å². The summed E-state index contributed by atoms with van der Waals surface area (Å²) in [5.74, 6) is 0. The van der Waals surface area contributed by atoms with Crippen molar-refractivity contribution in [2.45, 2.75) is 13.0 Å². The first kappa shape index (κ1) is 13.1. The van der Waals surface area contributed by atoms with Crippen molar-refractivity contribution in [3.63, 3.8) is 0 Å². The second-order valence-electron chi connectivity index (χ2n) is 4.67. The van der Waals surface area contributed by atoms with E-state index in [0.29, 0.717) is 6.04 Å². The van der Waals surface area contributed by atoms with E-state index in [1.165, 1.54) is 0 Å². The Kier molecular flexibility index (Phi) is 4.13. The zero-order valence-electron chi connectivity index (χ0n) is 11.1. The minimum Gasteiger partial charge on any atom is -0.399 e. The first-order valence-corrected chi connectivity index (χ1v) is 6.35. The number of benzene rings is 2. The molecule has 2 aromatic carbocycles. The highest BCUT2D eigenvalue weighted by atomic mass is 15.0. The van der Waals surface area contributed by atoms with Gasteiger partial charge in [-0.3, -0.25) is 0 Å². The van der Waals surface area contributed by atoms with E-state index < -0.39 is 0 Å². The molecule has 1 atom stereocenters. The molecule has 1 unspecified atom stereocenters. The lowest BCUT2D eigenvalue weighted by atomic mass is 10.2. The Bertz CT molecular complexity index is 505.